The molecule has 0 unspecified atom stereocenters. The largest absolute Gasteiger partial charge is 0.474 e. The van der Waals surface area contributed by atoms with Crippen LogP contribution < -0.4 is 16.0 Å². The quantitative estimate of drug-likeness (QED) is 0.877. The maximum Gasteiger partial charge on any atom is 0.257 e. The molecule has 0 saturated heterocycles. The van der Waals surface area contributed by atoms with Gasteiger partial charge in [0.25, 0.3) is 5.56 Å². The summed E-state index contributed by atoms with van der Waals surface area (Å²) in [6, 6.07) is 3.99. The Balaban J connectivity index is 1.50. The summed E-state index contributed by atoms with van der Waals surface area (Å²) in [5.41, 5.74) is 8.08. The van der Waals surface area contributed by atoms with Crippen LogP contribution in [0.4, 0.5) is 5.95 Å². The second kappa shape index (κ2) is 6.84. The minimum absolute atomic E-state index is 0.138. The van der Waals surface area contributed by atoms with Crippen LogP contribution in [0.1, 0.15) is 42.5 Å². The molecule has 7 nitrogen and oxygen atoms in total. The Morgan fingerprint density at radius 3 is 3.04 bits per heavy atom. The highest BCUT2D eigenvalue weighted by molar-refractivity contribution is 5.29. The van der Waals surface area contributed by atoms with Gasteiger partial charge in [-0.25, -0.2) is 9.97 Å². The lowest BCUT2D eigenvalue weighted by Crippen LogP contribution is -2.35. The first-order valence-electron chi connectivity index (χ1n) is 8.89. The van der Waals surface area contributed by atoms with Gasteiger partial charge in [0.15, 0.2) is 0 Å². The third-order valence-electron chi connectivity index (χ3n) is 4.99. The highest BCUT2D eigenvalue weighted by Gasteiger charge is 2.23. The van der Waals surface area contributed by atoms with Gasteiger partial charge in [0, 0.05) is 37.8 Å². The van der Waals surface area contributed by atoms with Crippen molar-refractivity contribution in [2.45, 2.75) is 51.3 Å². The molecule has 0 amide bonds. The third kappa shape index (κ3) is 3.51. The van der Waals surface area contributed by atoms with E-state index in [1.54, 1.807) is 6.20 Å². The number of pyridine rings is 1. The summed E-state index contributed by atoms with van der Waals surface area (Å²) in [6.45, 7) is 2.11. The molecule has 132 valence electrons. The molecule has 4 rings (SSSR count). The summed E-state index contributed by atoms with van der Waals surface area (Å²) in [4.78, 5) is 25.7. The van der Waals surface area contributed by atoms with Crippen LogP contribution in [0.15, 0.2) is 23.1 Å². The molecule has 2 aromatic heterocycles. The fraction of sp³-hybridized carbons (Fsp3) is 0.500. The zero-order chi connectivity index (χ0) is 17.2. The Morgan fingerprint density at radius 2 is 2.20 bits per heavy atom. The number of aromatic nitrogens is 3. The molecule has 7 heteroatoms. The van der Waals surface area contributed by atoms with Gasteiger partial charge in [0.1, 0.15) is 6.10 Å². The second-order valence-corrected chi connectivity index (χ2v) is 6.83. The van der Waals surface area contributed by atoms with Gasteiger partial charge in [0.05, 0.1) is 11.3 Å². The number of nitrogens with zero attached hydrogens (tertiary/aromatic N) is 3. The van der Waals surface area contributed by atoms with Crippen LogP contribution in [-0.4, -0.2) is 32.5 Å². The Kier molecular flexibility index (Phi) is 4.40. The van der Waals surface area contributed by atoms with E-state index in [0.29, 0.717) is 18.7 Å². The summed E-state index contributed by atoms with van der Waals surface area (Å²) >= 11 is 0. The van der Waals surface area contributed by atoms with Gasteiger partial charge >= 0.3 is 0 Å². The Hall–Kier alpha value is -2.41. The van der Waals surface area contributed by atoms with Crippen molar-refractivity contribution in [2.24, 2.45) is 0 Å². The van der Waals surface area contributed by atoms with E-state index < -0.39 is 0 Å². The number of anilines is 1. The topological polar surface area (TPSA) is 97.1 Å². The van der Waals surface area contributed by atoms with Gasteiger partial charge in [-0.3, -0.25) is 14.7 Å². The molecule has 2 aliphatic rings. The Labute approximate surface area is 146 Å². The summed E-state index contributed by atoms with van der Waals surface area (Å²) in [5.74, 6) is 0.918. The molecule has 3 N–H and O–H groups in total. The monoisotopic (exact) mass is 341 g/mol. The first-order chi connectivity index (χ1) is 12.2. The second-order valence-electron chi connectivity index (χ2n) is 6.83. The lowest BCUT2D eigenvalue weighted by Gasteiger charge is -2.28. The number of fused-ring (bicyclic) bond motifs is 1. The predicted molar refractivity (Wildman–Crippen MR) is 94.2 cm³/mol. The highest BCUT2D eigenvalue weighted by atomic mass is 16.5. The fourth-order valence-corrected chi connectivity index (χ4v) is 3.69. The third-order valence-corrected chi connectivity index (χ3v) is 4.99. The summed E-state index contributed by atoms with van der Waals surface area (Å²) in [5, 5.41) is 0. The van der Waals surface area contributed by atoms with Gasteiger partial charge in [0.2, 0.25) is 11.8 Å². The molecule has 0 atom stereocenters. The zero-order valence-corrected chi connectivity index (χ0v) is 14.2. The molecule has 1 fully saturated rings. The van der Waals surface area contributed by atoms with Crippen molar-refractivity contribution in [3.63, 3.8) is 0 Å². The van der Waals surface area contributed by atoms with Gasteiger partial charge < -0.3 is 10.5 Å². The molecule has 25 heavy (non-hydrogen) atoms. The molecule has 0 radical (unpaired) electrons. The number of nitrogens with one attached hydrogen (secondary N) is 1. The van der Waals surface area contributed by atoms with Crippen LogP contribution in [0.2, 0.25) is 0 Å². The average Bonchev–Trinajstić information content (AvgIpc) is 3.10. The molecule has 0 aromatic carbocycles. The van der Waals surface area contributed by atoms with E-state index in [1.165, 1.54) is 12.8 Å². The van der Waals surface area contributed by atoms with E-state index in [1.807, 2.05) is 6.07 Å². The number of hydrogen-bond donors (Lipinski definition) is 2. The normalized spacial score (nSPS) is 18.2. The maximum atomic E-state index is 12.1. The molecule has 2 aromatic rings. The Bertz CT molecular complexity index is 813. The van der Waals surface area contributed by atoms with Crippen molar-refractivity contribution >= 4 is 5.95 Å². The van der Waals surface area contributed by atoms with Crippen LogP contribution in [0.25, 0.3) is 0 Å². The van der Waals surface area contributed by atoms with E-state index in [0.717, 1.165) is 42.9 Å². The lowest BCUT2D eigenvalue weighted by atomic mass is 10.1. The molecule has 0 spiro atoms. The standard InChI is InChI=1S/C18H23N5O2/c19-18-21-15-7-9-23(11-14(15)16(24)22-18)10-12-4-3-8-20-17(12)25-13-5-1-2-6-13/h3-4,8,13H,1-2,5-7,9-11H2,(H3,19,21,22,24). The molecule has 0 bridgehead atoms. The number of hydrogen-bond acceptors (Lipinski definition) is 6. The van der Waals surface area contributed by atoms with E-state index in [9.17, 15) is 4.79 Å². The Morgan fingerprint density at radius 1 is 1.36 bits per heavy atom. The van der Waals surface area contributed by atoms with Gasteiger partial charge in [-0.05, 0) is 31.7 Å². The first-order valence-corrected chi connectivity index (χ1v) is 8.89. The molecule has 1 aliphatic carbocycles. The number of rotatable bonds is 4. The molecule has 3 heterocycles. The fourth-order valence-electron chi connectivity index (χ4n) is 3.69. The van der Waals surface area contributed by atoms with Crippen LogP contribution >= 0.6 is 0 Å². The first kappa shape index (κ1) is 16.1. The van der Waals surface area contributed by atoms with Crippen molar-refractivity contribution in [1.82, 2.24) is 19.9 Å². The predicted octanol–water partition coefficient (Wildman–Crippen LogP) is 1.63. The molecule has 1 aliphatic heterocycles. The van der Waals surface area contributed by atoms with E-state index in [2.05, 4.69) is 25.9 Å². The molecule has 1 saturated carbocycles. The number of nitrogens with two attached hydrogens (primary N) is 1. The minimum Gasteiger partial charge on any atom is -0.474 e. The van der Waals surface area contributed by atoms with Gasteiger partial charge in [-0.15, -0.1) is 0 Å². The van der Waals surface area contributed by atoms with Crippen molar-refractivity contribution in [3.05, 3.63) is 45.5 Å². The summed E-state index contributed by atoms with van der Waals surface area (Å²) in [7, 11) is 0. The smallest absolute Gasteiger partial charge is 0.257 e. The number of aromatic amines is 1. The van der Waals surface area contributed by atoms with E-state index in [-0.39, 0.29) is 17.6 Å². The summed E-state index contributed by atoms with van der Waals surface area (Å²) in [6.07, 6.45) is 7.46. The van der Waals surface area contributed by atoms with Crippen LogP contribution in [0.5, 0.6) is 5.88 Å². The van der Waals surface area contributed by atoms with Gasteiger partial charge in [-0.2, -0.15) is 0 Å². The van der Waals surface area contributed by atoms with Crippen molar-refractivity contribution in [3.8, 4) is 5.88 Å². The average molecular weight is 341 g/mol. The minimum atomic E-state index is -0.138. The zero-order valence-electron chi connectivity index (χ0n) is 14.2. The molecular formula is C18H23N5O2. The van der Waals surface area contributed by atoms with Crippen LogP contribution in [-0.2, 0) is 19.5 Å². The van der Waals surface area contributed by atoms with Gasteiger partial charge in [-0.1, -0.05) is 6.07 Å². The highest BCUT2D eigenvalue weighted by Crippen LogP contribution is 2.26. The van der Waals surface area contributed by atoms with Crippen molar-refractivity contribution < 1.29 is 4.74 Å². The van der Waals surface area contributed by atoms with E-state index >= 15 is 0 Å². The van der Waals surface area contributed by atoms with Crippen molar-refractivity contribution in [1.29, 1.82) is 0 Å². The van der Waals surface area contributed by atoms with Crippen molar-refractivity contribution in [2.75, 3.05) is 12.3 Å². The van der Waals surface area contributed by atoms with Crippen LogP contribution in [0.3, 0.4) is 0 Å². The number of H-pyrrole nitrogens is 1. The SMILES string of the molecule is Nc1nc2c(c(=O)[nH]1)CN(Cc1cccnc1OC1CCCC1)CC2. The van der Waals surface area contributed by atoms with Crippen LogP contribution in [0, 0.1) is 0 Å². The lowest BCUT2D eigenvalue weighted by molar-refractivity contribution is 0.190. The molecular weight excluding hydrogens is 318 g/mol. The summed E-state index contributed by atoms with van der Waals surface area (Å²) < 4.78 is 6.12. The maximum absolute atomic E-state index is 12.1. The number of nitrogen functional groups attached to an aromatic ring is 1. The number of ether oxygens (including phenoxy) is 1. The van der Waals surface area contributed by atoms with E-state index in [4.69, 9.17) is 10.5 Å².